The zero-order chi connectivity index (χ0) is 22.7. The van der Waals surface area contributed by atoms with Crippen LogP contribution in [0.3, 0.4) is 0 Å². The molecular formula is C27H35IN4O2. The van der Waals surface area contributed by atoms with Crippen molar-refractivity contribution >= 4 is 35.8 Å². The largest absolute Gasteiger partial charge is 0.487 e. The van der Waals surface area contributed by atoms with E-state index in [9.17, 15) is 4.79 Å². The highest BCUT2D eigenvalue weighted by atomic mass is 127. The second-order valence-electron chi connectivity index (χ2n) is 9.60. The number of amides is 1. The maximum Gasteiger partial charge on any atom is 0.222 e. The monoisotopic (exact) mass is 574 g/mol. The van der Waals surface area contributed by atoms with Crippen LogP contribution < -0.4 is 15.4 Å². The van der Waals surface area contributed by atoms with Crippen molar-refractivity contribution in [3.8, 4) is 5.75 Å². The van der Waals surface area contributed by atoms with E-state index < -0.39 is 0 Å². The summed E-state index contributed by atoms with van der Waals surface area (Å²) >= 11 is 0. The van der Waals surface area contributed by atoms with E-state index in [1.807, 2.05) is 11.9 Å². The first-order valence-corrected chi connectivity index (χ1v) is 12.2. The van der Waals surface area contributed by atoms with Crippen LogP contribution >= 0.6 is 24.0 Å². The molecule has 1 spiro atoms. The molecule has 1 saturated heterocycles. The summed E-state index contributed by atoms with van der Waals surface area (Å²) in [6.07, 6.45) is 7.33. The molecule has 2 heterocycles. The lowest BCUT2D eigenvalue weighted by Gasteiger charge is -2.40. The molecule has 1 unspecified atom stereocenters. The third-order valence-electron chi connectivity index (χ3n) is 7.24. The molecule has 0 radical (unpaired) electrons. The number of hydrogen-bond donors (Lipinski definition) is 2. The molecule has 0 bridgehead atoms. The van der Waals surface area contributed by atoms with Crippen LogP contribution in [-0.2, 0) is 17.9 Å². The Bertz CT molecular complexity index is 1030. The molecule has 7 heteroatoms. The first kappa shape index (κ1) is 24.8. The van der Waals surface area contributed by atoms with E-state index in [0.29, 0.717) is 19.5 Å². The van der Waals surface area contributed by atoms with Crippen LogP contribution in [0.1, 0.15) is 67.7 Å². The number of para-hydroxylation sites is 1. The smallest absolute Gasteiger partial charge is 0.222 e. The highest BCUT2D eigenvalue weighted by molar-refractivity contribution is 14.0. The second kappa shape index (κ2) is 11.0. The Morgan fingerprint density at radius 2 is 1.91 bits per heavy atom. The molecule has 2 aromatic rings. The van der Waals surface area contributed by atoms with E-state index in [2.05, 4.69) is 64.2 Å². The van der Waals surface area contributed by atoms with E-state index in [4.69, 9.17) is 4.74 Å². The quantitative estimate of drug-likeness (QED) is 0.302. The minimum atomic E-state index is -0.0494. The third kappa shape index (κ3) is 5.50. The van der Waals surface area contributed by atoms with Crippen molar-refractivity contribution in [2.45, 2.75) is 69.7 Å². The summed E-state index contributed by atoms with van der Waals surface area (Å²) in [5, 5.41) is 7.16. The molecule has 1 atom stereocenters. The topological polar surface area (TPSA) is 66.0 Å². The van der Waals surface area contributed by atoms with Gasteiger partial charge in [0.1, 0.15) is 11.4 Å². The first-order valence-electron chi connectivity index (χ1n) is 12.2. The summed E-state index contributed by atoms with van der Waals surface area (Å²) in [6.45, 7) is 2.24. The Morgan fingerprint density at radius 3 is 2.68 bits per heavy atom. The van der Waals surface area contributed by atoms with Gasteiger partial charge in [0.05, 0.1) is 6.04 Å². The zero-order valence-corrected chi connectivity index (χ0v) is 22.2. The SMILES string of the molecule is CN=C(NCc1cccc(CN2CCCC2=O)c1)NC1CC2(CCCC2)Oc2ccccc21.I. The van der Waals surface area contributed by atoms with Gasteiger partial charge in [0, 0.05) is 45.1 Å². The van der Waals surface area contributed by atoms with Crippen LogP contribution in [0, 0.1) is 0 Å². The van der Waals surface area contributed by atoms with Gasteiger partial charge in [-0.3, -0.25) is 9.79 Å². The highest BCUT2D eigenvalue weighted by Crippen LogP contribution is 2.46. The van der Waals surface area contributed by atoms with Gasteiger partial charge in [-0.05, 0) is 49.3 Å². The van der Waals surface area contributed by atoms with E-state index in [-0.39, 0.29) is 41.5 Å². The van der Waals surface area contributed by atoms with E-state index in [0.717, 1.165) is 43.9 Å². The number of nitrogens with one attached hydrogen (secondary N) is 2. The maximum absolute atomic E-state index is 12.0. The van der Waals surface area contributed by atoms with Crippen LogP contribution in [0.5, 0.6) is 5.75 Å². The van der Waals surface area contributed by atoms with Crippen molar-refractivity contribution in [3.63, 3.8) is 0 Å². The van der Waals surface area contributed by atoms with E-state index >= 15 is 0 Å². The molecule has 1 aliphatic carbocycles. The second-order valence-corrected chi connectivity index (χ2v) is 9.60. The van der Waals surface area contributed by atoms with Crippen LogP contribution in [0.25, 0.3) is 0 Å². The average Bonchev–Trinajstić information content (AvgIpc) is 3.45. The predicted octanol–water partition coefficient (Wildman–Crippen LogP) is 4.93. The van der Waals surface area contributed by atoms with E-state index in [1.54, 1.807) is 0 Å². The summed E-state index contributed by atoms with van der Waals surface area (Å²) < 4.78 is 6.50. The lowest BCUT2D eigenvalue weighted by Crippen LogP contribution is -2.46. The fourth-order valence-corrected chi connectivity index (χ4v) is 5.55. The minimum absolute atomic E-state index is 0. The number of guanidine groups is 1. The summed E-state index contributed by atoms with van der Waals surface area (Å²) in [4.78, 5) is 18.4. The number of benzene rings is 2. The lowest BCUT2D eigenvalue weighted by molar-refractivity contribution is -0.128. The molecule has 182 valence electrons. The number of rotatable bonds is 5. The van der Waals surface area contributed by atoms with Crippen molar-refractivity contribution in [2.24, 2.45) is 4.99 Å². The number of carbonyl (C=O) groups excluding carboxylic acids is 1. The van der Waals surface area contributed by atoms with Gasteiger partial charge < -0.3 is 20.3 Å². The van der Waals surface area contributed by atoms with Gasteiger partial charge in [-0.1, -0.05) is 42.5 Å². The molecule has 34 heavy (non-hydrogen) atoms. The van der Waals surface area contributed by atoms with Gasteiger partial charge in [-0.15, -0.1) is 24.0 Å². The van der Waals surface area contributed by atoms with Crippen LogP contribution in [0.4, 0.5) is 0 Å². The maximum atomic E-state index is 12.0. The normalized spacial score (nSPS) is 21.1. The summed E-state index contributed by atoms with van der Waals surface area (Å²) in [7, 11) is 1.82. The van der Waals surface area contributed by atoms with Gasteiger partial charge in [0.2, 0.25) is 5.91 Å². The number of ether oxygens (including phenoxy) is 1. The molecule has 3 aliphatic rings. The van der Waals surface area contributed by atoms with Gasteiger partial charge in [-0.25, -0.2) is 0 Å². The molecule has 2 N–H and O–H groups in total. The number of nitrogens with zero attached hydrogens (tertiary/aromatic N) is 2. The molecule has 2 fully saturated rings. The number of halogens is 1. The van der Waals surface area contributed by atoms with Crippen LogP contribution in [0.2, 0.25) is 0 Å². The molecule has 6 nitrogen and oxygen atoms in total. The average molecular weight is 575 g/mol. The van der Waals surface area contributed by atoms with Gasteiger partial charge >= 0.3 is 0 Å². The first-order chi connectivity index (χ1) is 16.1. The van der Waals surface area contributed by atoms with Gasteiger partial charge in [0.15, 0.2) is 5.96 Å². The summed E-state index contributed by atoms with van der Waals surface area (Å²) in [5.74, 6) is 2.06. The Labute approximate surface area is 219 Å². The molecule has 5 rings (SSSR count). The van der Waals surface area contributed by atoms with Crippen molar-refractivity contribution < 1.29 is 9.53 Å². The Hall–Kier alpha value is -2.29. The van der Waals surface area contributed by atoms with Gasteiger partial charge in [0.25, 0.3) is 0 Å². The van der Waals surface area contributed by atoms with E-state index in [1.165, 1.54) is 29.5 Å². The number of aliphatic imine (C=N–C) groups is 1. The molecule has 2 aromatic carbocycles. The number of likely N-dealkylation sites (tertiary alicyclic amines) is 1. The number of carbonyl (C=O) groups is 1. The lowest BCUT2D eigenvalue weighted by atomic mass is 9.86. The highest BCUT2D eigenvalue weighted by Gasteiger charge is 2.43. The standard InChI is InChI=1S/C27H34N4O2.HI/c1-28-26(29-18-20-8-6-9-21(16-20)19-31-15-7-12-25(31)32)30-23-17-27(13-4-5-14-27)33-24-11-3-2-10-22(23)24;/h2-3,6,8-11,16,23H,4-5,7,12-15,17-19H2,1H3,(H2,28,29,30);1H. The summed E-state index contributed by atoms with van der Waals surface area (Å²) in [6, 6.07) is 17.0. The van der Waals surface area contributed by atoms with Crippen LogP contribution in [-0.4, -0.2) is 36.0 Å². The van der Waals surface area contributed by atoms with Crippen molar-refractivity contribution in [3.05, 3.63) is 65.2 Å². The third-order valence-corrected chi connectivity index (χ3v) is 7.24. The molecule has 1 saturated carbocycles. The summed E-state index contributed by atoms with van der Waals surface area (Å²) in [5.41, 5.74) is 3.51. The fraction of sp³-hybridized carbons (Fsp3) is 0.481. The van der Waals surface area contributed by atoms with Crippen molar-refractivity contribution in [1.29, 1.82) is 0 Å². The van der Waals surface area contributed by atoms with Crippen molar-refractivity contribution in [1.82, 2.24) is 15.5 Å². The Kier molecular flexibility index (Phi) is 8.01. The van der Waals surface area contributed by atoms with Gasteiger partial charge in [-0.2, -0.15) is 0 Å². The van der Waals surface area contributed by atoms with Crippen LogP contribution in [0.15, 0.2) is 53.5 Å². The molecular weight excluding hydrogens is 539 g/mol. The molecule has 1 amide bonds. The molecule has 2 aliphatic heterocycles. The zero-order valence-electron chi connectivity index (χ0n) is 19.9. The Morgan fingerprint density at radius 1 is 1.12 bits per heavy atom. The number of hydrogen-bond acceptors (Lipinski definition) is 3. The minimum Gasteiger partial charge on any atom is -0.487 e. The predicted molar refractivity (Wildman–Crippen MR) is 145 cm³/mol. The van der Waals surface area contributed by atoms with Crippen molar-refractivity contribution in [2.75, 3.05) is 13.6 Å². The Balaban J connectivity index is 0.00000274. The molecule has 0 aromatic heterocycles. The fourth-order valence-electron chi connectivity index (χ4n) is 5.55. The number of fused-ring (bicyclic) bond motifs is 1.